The molecule has 0 fully saturated rings. The summed E-state index contributed by atoms with van der Waals surface area (Å²) in [4.78, 5) is 12.8. The number of hydrogen-bond acceptors (Lipinski definition) is 5. The first-order valence-electron chi connectivity index (χ1n) is 6.39. The molecule has 0 unspecified atom stereocenters. The van der Waals surface area contributed by atoms with Crippen LogP contribution in [0.2, 0.25) is 0 Å². The first-order valence-corrected chi connectivity index (χ1v) is 7.27. The molecule has 2 aromatic heterocycles. The van der Waals surface area contributed by atoms with Crippen LogP contribution in [0.1, 0.15) is 22.6 Å². The minimum atomic E-state index is 0.479. The summed E-state index contributed by atoms with van der Waals surface area (Å²) in [5.74, 6) is 0. The van der Waals surface area contributed by atoms with Crippen molar-refractivity contribution in [3.63, 3.8) is 0 Å². The summed E-state index contributed by atoms with van der Waals surface area (Å²) in [5.41, 5.74) is 4.25. The quantitative estimate of drug-likeness (QED) is 0.654. The van der Waals surface area contributed by atoms with Gasteiger partial charge in [0.1, 0.15) is 0 Å². The predicted octanol–water partition coefficient (Wildman–Crippen LogP) is 3.22. The van der Waals surface area contributed by atoms with E-state index in [1.807, 2.05) is 18.5 Å². The molecule has 6 heteroatoms. The molecule has 0 aliphatic carbocycles. The van der Waals surface area contributed by atoms with E-state index >= 15 is 0 Å². The van der Waals surface area contributed by atoms with E-state index in [1.165, 1.54) is 4.88 Å². The van der Waals surface area contributed by atoms with E-state index in [0.29, 0.717) is 5.70 Å². The standard InChI is InChI=1S/C14H16N5S/c1-11-14(20-10-18-11)5-3-7-17-9-13(19-15)12-4-2-6-16-8-12/h2,4,6,8-10,17H,3,5,7H2,1H3/q+1. The lowest BCUT2D eigenvalue weighted by Crippen LogP contribution is -2.08. The maximum Gasteiger partial charge on any atom is 0.409 e. The number of thiazole rings is 1. The number of aryl methyl sites for hydroxylation is 2. The Bertz CT molecular complexity index is 612. The van der Waals surface area contributed by atoms with Crippen molar-refractivity contribution in [3.8, 4) is 0 Å². The summed E-state index contributed by atoms with van der Waals surface area (Å²) in [7, 11) is 0. The van der Waals surface area contributed by atoms with Crippen LogP contribution in [0.5, 0.6) is 0 Å². The minimum absolute atomic E-state index is 0.479. The molecule has 1 N–H and O–H groups in total. The van der Waals surface area contributed by atoms with E-state index in [0.717, 1.165) is 30.6 Å². The van der Waals surface area contributed by atoms with Crippen LogP contribution < -0.4 is 5.32 Å². The van der Waals surface area contributed by atoms with Crippen molar-refractivity contribution >= 4 is 17.0 Å². The van der Waals surface area contributed by atoms with Crippen LogP contribution in [0.3, 0.4) is 0 Å². The number of hydrogen-bond donors (Lipinski definition) is 1. The zero-order chi connectivity index (χ0) is 14.2. The van der Waals surface area contributed by atoms with Gasteiger partial charge in [-0.3, -0.25) is 4.98 Å². The highest BCUT2D eigenvalue weighted by Gasteiger charge is 2.13. The van der Waals surface area contributed by atoms with E-state index in [9.17, 15) is 0 Å². The summed E-state index contributed by atoms with van der Waals surface area (Å²) in [6, 6.07) is 3.65. The highest BCUT2D eigenvalue weighted by Crippen LogP contribution is 2.14. The van der Waals surface area contributed by atoms with Gasteiger partial charge in [0.2, 0.25) is 5.39 Å². The Morgan fingerprint density at radius 3 is 3.10 bits per heavy atom. The van der Waals surface area contributed by atoms with Crippen LogP contribution in [-0.2, 0) is 6.42 Å². The number of diazo groups is 1. The van der Waals surface area contributed by atoms with Gasteiger partial charge in [0.05, 0.1) is 23.0 Å². The first kappa shape index (κ1) is 14.2. The van der Waals surface area contributed by atoms with Gasteiger partial charge in [0.25, 0.3) is 0 Å². The number of aromatic nitrogens is 2. The summed E-state index contributed by atoms with van der Waals surface area (Å²) in [6.07, 6.45) is 7.06. The zero-order valence-electron chi connectivity index (χ0n) is 11.3. The number of nitrogens with one attached hydrogen (secondary N) is 1. The summed E-state index contributed by atoms with van der Waals surface area (Å²) >= 11 is 1.69. The monoisotopic (exact) mass is 286 g/mol. The van der Waals surface area contributed by atoms with Gasteiger partial charge in [-0.25, -0.2) is 4.98 Å². The van der Waals surface area contributed by atoms with Crippen LogP contribution in [0.25, 0.3) is 10.7 Å². The molecule has 20 heavy (non-hydrogen) atoms. The topological polar surface area (TPSA) is 66.0 Å². The smallest absolute Gasteiger partial charge is 0.384 e. The average Bonchev–Trinajstić information content (AvgIpc) is 2.89. The Kier molecular flexibility index (Phi) is 5.21. The fourth-order valence-electron chi connectivity index (χ4n) is 1.77. The lowest BCUT2D eigenvalue weighted by Gasteiger charge is -1.99. The van der Waals surface area contributed by atoms with E-state index in [2.05, 4.69) is 20.3 Å². The molecule has 0 aliphatic heterocycles. The molecule has 2 rings (SSSR count). The SMILES string of the molecule is Cc1ncsc1CCCNC=C([N+]#N)c1cccnc1. The third-order valence-corrected chi connectivity index (χ3v) is 3.87. The molecule has 0 radical (unpaired) electrons. The van der Waals surface area contributed by atoms with Gasteiger partial charge in [0.15, 0.2) is 4.98 Å². The van der Waals surface area contributed by atoms with Crippen molar-refractivity contribution in [2.24, 2.45) is 0 Å². The van der Waals surface area contributed by atoms with Crippen LogP contribution in [0.4, 0.5) is 0 Å². The molecule has 5 nitrogen and oxygen atoms in total. The van der Waals surface area contributed by atoms with Gasteiger partial charge in [-0.15, -0.1) is 11.3 Å². The predicted molar refractivity (Wildman–Crippen MR) is 80.5 cm³/mol. The molecule has 0 amide bonds. The minimum Gasteiger partial charge on any atom is -0.384 e. The summed E-state index contributed by atoms with van der Waals surface area (Å²) in [5, 5.41) is 12.2. The van der Waals surface area contributed by atoms with Gasteiger partial charge >= 0.3 is 5.70 Å². The number of rotatable bonds is 6. The van der Waals surface area contributed by atoms with Crippen LogP contribution in [-0.4, -0.2) is 16.5 Å². The van der Waals surface area contributed by atoms with Crippen molar-refractivity contribution in [2.75, 3.05) is 6.54 Å². The van der Waals surface area contributed by atoms with Gasteiger partial charge in [-0.1, -0.05) is 0 Å². The molecule has 2 aromatic rings. The average molecular weight is 286 g/mol. The van der Waals surface area contributed by atoms with Crippen LogP contribution >= 0.6 is 11.3 Å². The van der Waals surface area contributed by atoms with Gasteiger partial charge < -0.3 is 5.32 Å². The van der Waals surface area contributed by atoms with E-state index < -0.39 is 0 Å². The molecule has 0 aromatic carbocycles. The molecule has 0 bridgehead atoms. The van der Waals surface area contributed by atoms with Crippen molar-refractivity contribution in [1.29, 1.82) is 5.39 Å². The molecule has 0 atom stereocenters. The van der Waals surface area contributed by atoms with Crippen molar-refractivity contribution in [2.45, 2.75) is 19.8 Å². The second kappa shape index (κ2) is 7.36. The van der Waals surface area contributed by atoms with Crippen molar-refractivity contribution in [3.05, 3.63) is 57.3 Å². The highest BCUT2D eigenvalue weighted by molar-refractivity contribution is 7.09. The maximum absolute atomic E-state index is 9.00. The number of nitrogens with zero attached hydrogens (tertiary/aromatic N) is 4. The second-order valence-corrected chi connectivity index (χ2v) is 5.23. The molecule has 0 saturated carbocycles. The molecule has 2 heterocycles. The molecule has 102 valence electrons. The fourth-order valence-corrected chi connectivity index (χ4v) is 2.59. The van der Waals surface area contributed by atoms with Gasteiger partial charge in [-0.05, 0) is 31.9 Å². The van der Waals surface area contributed by atoms with Gasteiger partial charge in [-0.2, -0.15) is 0 Å². The molecule has 0 spiro atoms. The van der Waals surface area contributed by atoms with Crippen LogP contribution in [0, 0.1) is 12.3 Å². The summed E-state index contributed by atoms with van der Waals surface area (Å²) < 4.78 is 0. The third-order valence-electron chi connectivity index (χ3n) is 2.87. The maximum atomic E-state index is 9.00. The first-order chi connectivity index (χ1) is 9.81. The molecule has 0 aliphatic rings. The lowest BCUT2D eigenvalue weighted by molar-refractivity contribution is 0.755. The Morgan fingerprint density at radius 2 is 2.45 bits per heavy atom. The van der Waals surface area contributed by atoms with Crippen molar-refractivity contribution in [1.82, 2.24) is 15.3 Å². The lowest BCUT2D eigenvalue weighted by atomic mass is 10.2. The van der Waals surface area contributed by atoms with Gasteiger partial charge in [0, 0.05) is 23.8 Å². The van der Waals surface area contributed by atoms with E-state index in [-0.39, 0.29) is 0 Å². The molecular formula is C14H16N5S+. The Labute approximate surface area is 122 Å². The Hall–Kier alpha value is -2.26. The Balaban J connectivity index is 1.81. The normalized spacial score (nSPS) is 11.1. The fraction of sp³-hybridized carbons (Fsp3) is 0.286. The van der Waals surface area contributed by atoms with Crippen LogP contribution in [0.15, 0.2) is 36.2 Å². The molecular weight excluding hydrogens is 270 g/mol. The van der Waals surface area contributed by atoms with E-state index in [1.54, 1.807) is 36.0 Å². The van der Waals surface area contributed by atoms with Crippen molar-refractivity contribution < 1.29 is 0 Å². The molecule has 0 saturated heterocycles. The zero-order valence-corrected chi connectivity index (χ0v) is 12.1. The van der Waals surface area contributed by atoms with E-state index in [4.69, 9.17) is 5.39 Å². The largest absolute Gasteiger partial charge is 0.409 e. The summed E-state index contributed by atoms with van der Waals surface area (Å²) in [6.45, 7) is 2.85. The number of pyridine rings is 1. The Morgan fingerprint density at radius 1 is 1.55 bits per heavy atom. The highest BCUT2D eigenvalue weighted by atomic mass is 32.1. The third kappa shape index (κ3) is 3.87. The second-order valence-electron chi connectivity index (χ2n) is 4.29.